The zero-order valence-corrected chi connectivity index (χ0v) is 9.73. The van der Waals surface area contributed by atoms with E-state index >= 15 is 0 Å². The first-order valence-electron chi connectivity index (χ1n) is 6.02. The van der Waals surface area contributed by atoms with Gasteiger partial charge in [-0.1, -0.05) is 43.2 Å². The van der Waals surface area contributed by atoms with Gasteiger partial charge in [0.15, 0.2) is 5.78 Å². The second-order valence-corrected chi connectivity index (χ2v) is 4.43. The van der Waals surface area contributed by atoms with Gasteiger partial charge in [-0.15, -0.1) is 0 Å². The number of rotatable bonds is 3. The van der Waals surface area contributed by atoms with Crippen LogP contribution in [-0.4, -0.2) is 5.78 Å². The number of nitriles is 1. The van der Waals surface area contributed by atoms with Gasteiger partial charge in [-0.05, 0) is 24.5 Å². The van der Waals surface area contributed by atoms with Crippen LogP contribution in [0.25, 0.3) is 6.08 Å². The molecule has 0 atom stereocenters. The van der Waals surface area contributed by atoms with Crippen molar-refractivity contribution >= 4 is 11.9 Å². The Morgan fingerprint density at radius 3 is 2.47 bits per heavy atom. The first-order valence-corrected chi connectivity index (χ1v) is 6.02. The average Bonchev–Trinajstić information content (AvgIpc) is 2.90. The minimum Gasteiger partial charge on any atom is -0.293 e. The summed E-state index contributed by atoms with van der Waals surface area (Å²) in [5.41, 5.74) is 1.21. The number of ketones is 1. The molecule has 0 N–H and O–H groups in total. The van der Waals surface area contributed by atoms with E-state index in [1.807, 2.05) is 36.4 Å². The Morgan fingerprint density at radius 1 is 1.24 bits per heavy atom. The van der Waals surface area contributed by atoms with Gasteiger partial charge in [-0.25, -0.2) is 0 Å². The van der Waals surface area contributed by atoms with Gasteiger partial charge in [0, 0.05) is 5.92 Å². The SMILES string of the molecule is N#CC(=Cc1ccccc1)C(=O)C1CCCC1. The molecule has 0 bridgehead atoms. The molecule has 1 aliphatic carbocycles. The van der Waals surface area contributed by atoms with Crippen molar-refractivity contribution in [2.45, 2.75) is 25.7 Å². The molecule has 0 unspecified atom stereocenters. The number of carbonyl (C=O) groups is 1. The second-order valence-electron chi connectivity index (χ2n) is 4.43. The number of allylic oxidation sites excluding steroid dienone is 1. The molecule has 0 amide bonds. The lowest BCUT2D eigenvalue weighted by atomic mass is 9.95. The van der Waals surface area contributed by atoms with Crippen LogP contribution in [-0.2, 0) is 4.79 Å². The van der Waals surface area contributed by atoms with E-state index in [-0.39, 0.29) is 11.7 Å². The van der Waals surface area contributed by atoms with Crippen LogP contribution in [0.1, 0.15) is 31.2 Å². The molecular formula is C15H15NO. The highest BCUT2D eigenvalue weighted by Gasteiger charge is 2.25. The summed E-state index contributed by atoms with van der Waals surface area (Å²) in [4.78, 5) is 12.1. The molecule has 0 aliphatic heterocycles. The van der Waals surface area contributed by atoms with E-state index in [4.69, 9.17) is 5.26 Å². The van der Waals surface area contributed by atoms with Crippen molar-refractivity contribution < 1.29 is 4.79 Å². The first kappa shape index (κ1) is 11.6. The van der Waals surface area contributed by atoms with Gasteiger partial charge in [0.05, 0.1) is 5.57 Å². The zero-order chi connectivity index (χ0) is 12.1. The molecule has 0 spiro atoms. The normalized spacial score (nSPS) is 16.8. The van der Waals surface area contributed by atoms with E-state index in [0.717, 1.165) is 31.2 Å². The van der Waals surface area contributed by atoms with Crippen molar-refractivity contribution in [3.05, 3.63) is 41.5 Å². The summed E-state index contributed by atoms with van der Waals surface area (Å²) in [6, 6.07) is 11.6. The zero-order valence-electron chi connectivity index (χ0n) is 9.73. The fourth-order valence-corrected chi connectivity index (χ4v) is 2.28. The third kappa shape index (κ3) is 2.82. The van der Waals surface area contributed by atoms with Crippen LogP contribution in [0.3, 0.4) is 0 Å². The number of hydrogen-bond acceptors (Lipinski definition) is 2. The molecular weight excluding hydrogens is 210 g/mol. The monoisotopic (exact) mass is 225 g/mol. The van der Waals surface area contributed by atoms with Crippen LogP contribution >= 0.6 is 0 Å². The molecule has 2 heteroatoms. The number of carbonyl (C=O) groups excluding carboxylic acids is 1. The number of Topliss-reactive ketones (excluding diaryl/α,β-unsaturated/α-hetero) is 1. The van der Waals surface area contributed by atoms with Crippen molar-refractivity contribution in [1.29, 1.82) is 5.26 Å². The summed E-state index contributed by atoms with van der Waals surface area (Å²) in [6.45, 7) is 0. The van der Waals surface area contributed by atoms with Crippen LogP contribution in [0.4, 0.5) is 0 Å². The Balaban J connectivity index is 2.19. The maximum atomic E-state index is 12.1. The fourth-order valence-electron chi connectivity index (χ4n) is 2.28. The number of hydrogen-bond donors (Lipinski definition) is 0. The minimum absolute atomic E-state index is 0.0221. The van der Waals surface area contributed by atoms with Crippen LogP contribution in [0, 0.1) is 17.2 Å². The maximum Gasteiger partial charge on any atom is 0.176 e. The van der Waals surface area contributed by atoms with Crippen LogP contribution in [0.5, 0.6) is 0 Å². The summed E-state index contributed by atoms with van der Waals surface area (Å²) < 4.78 is 0. The lowest BCUT2D eigenvalue weighted by Gasteiger charge is -2.06. The van der Waals surface area contributed by atoms with Crippen molar-refractivity contribution in [2.24, 2.45) is 5.92 Å². The number of benzene rings is 1. The van der Waals surface area contributed by atoms with Gasteiger partial charge in [0.2, 0.25) is 0 Å². The topological polar surface area (TPSA) is 40.9 Å². The molecule has 0 saturated heterocycles. The van der Waals surface area contributed by atoms with Gasteiger partial charge < -0.3 is 0 Å². The molecule has 1 fully saturated rings. The highest BCUT2D eigenvalue weighted by atomic mass is 16.1. The lowest BCUT2D eigenvalue weighted by molar-refractivity contribution is -0.118. The van der Waals surface area contributed by atoms with Crippen LogP contribution in [0.15, 0.2) is 35.9 Å². The van der Waals surface area contributed by atoms with Crippen molar-refractivity contribution in [2.75, 3.05) is 0 Å². The van der Waals surface area contributed by atoms with Gasteiger partial charge in [-0.2, -0.15) is 5.26 Å². The van der Waals surface area contributed by atoms with Gasteiger partial charge in [-0.3, -0.25) is 4.79 Å². The predicted octanol–water partition coefficient (Wildman–Crippen LogP) is 3.35. The highest BCUT2D eigenvalue weighted by molar-refractivity contribution is 6.04. The molecule has 0 heterocycles. The molecule has 0 aromatic heterocycles. The Bertz CT molecular complexity index is 461. The third-order valence-electron chi connectivity index (χ3n) is 3.22. The third-order valence-corrected chi connectivity index (χ3v) is 3.22. The molecule has 86 valence electrons. The predicted molar refractivity (Wildman–Crippen MR) is 67.0 cm³/mol. The Kier molecular flexibility index (Phi) is 3.72. The Labute approximate surface area is 102 Å². The van der Waals surface area contributed by atoms with Gasteiger partial charge in [0.1, 0.15) is 6.07 Å². The van der Waals surface area contributed by atoms with Gasteiger partial charge >= 0.3 is 0 Å². The van der Waals surface area contributed by atoms with E-state index in [0.29, 0.717) is 5.57 Å². The van der Waals surface area contributed by atoms with E-state index in [9.17, 15) is 4.79 Å². The van der Waals surface area contributed by atoms with E-state index in [1.54, 1.807) is 6.08 Å². The second kappa shape index (κ2) is 5.45. The van der Waals surface area contributed by atoms with Crippen molar-refractivity contribution in [3.8, 4) is 6.07 Å². The molecule has 1 saturated carbocycles. The molecule has 2 nitrogen and oxygen atoms in total. The molecule has 1 aromatic carbocycles. The summed E-state index contributed by atoms with van der Waals surface area (Å²) in [5, 5.41) is 9.08. The first-order chi connectivity index (χ1) is 8.31. The molecule has 0 radical (unpaired) electrons. The fraction of sp³-hybridized carbons (Fsp3) is 0.333. The standard InChI is InChI=1S/C15H15NO/c16-11-14(10-12-6-2-1-3-7-12)15(17)13-8-4-5-9-13/h1-3,6-7,10,13H,4-5,8-9H2. The summed E-state index contributed by atoms with van der Waals surface area (Å²) >= 11 is 0. The summed E-state index contributed by atoms with van der Waals surface area (Å²) in [6.07, 6.45) is 5.79. The summed E-state index contributed by atoms with van der Waals surface area (Å²) in [5.74, 6) is 0.0958. The maximum absolute atomic E-state index is 12.1. The minimum atomic E-state index is 0.0221. The average molecular weight is 225 g/mol. The smallest absolute Gasteiger partial charge is 0.176 e. The van der Waals surface area contributed by atoms with Crippen molar-refractivity contribution in [3.63, 3.8) is 0 Å². The number of nitrogens with zero attached hydrogens (tertiary/aromatic N) is 1. The molecule has 1 aromatic rings. The highest BCUT2D eigenvalue weighted by Crippen LogP contribution is 2.28. The van der Waals surface area contributed by atoms with Gasteiger partial charge in [0.25, 0.3) is 0 Å². The van der Waals surface area contributed by atoms with E-state index in [2.05, 4.69) is 0 Å². The van der Waals surface area contributed by atoms with Crippen LogP contribution in [0.2, 0.25) is 0 Å². The largest absolute Gasteiger partial charge is 0.293 e. The molecule has 2 rings (SSSR count). The summed E-state index contributed by atoms with van der Waals surface area (Å²) in [7, 11) is 0. The Hall–Kier alpha value is -1.88. The molecule has 1 aliphatic rings. The quantitative estimate of drug-likeness (QED) is 0.584. The van der Waals surface area contributed by atoms with Crippen molar-refractivity contribution in [1.82, 2.24) is 0 Å². The lowest BCUT2D eigenvalue weighted by Crippen LogP contribution is -2.12. The van der Waals surface area contributed by atoms with E-state index < -0.39 is 0 Å². The molecule has 17 heavy (non-hydrogen) atoms. The Morgan fingerprint density at radius 2 is 1.88 bits per heavy atom. The van der Waals surface area contributed by atoms with Crippen LogP contribution < -0.4 is 0 Å². The van der Waals surface area contributed by atoms with E-state index in [1.165, 1.54) is 0 Å².